The Morgan fingerprint density at radius 1 is 1.25 bits per heavy atom. The highest BCUT2D eigenvalue weighted by molar-refractivity contribution is 5.97. The summed E-state index contributed by atoms with van der Waals surface area (Å²) in [4.78, 5) is 23.5. The number of hydrogen-bond acceptors (Lipinski definition) is 4. The Balaban J connectivity index is 1.52. The number of amides is 2. The van der Waals surface area contributed by atoms with Crippen LogP contribution in [0.1, 0.15) is 12.5 Å². The fourth-order valence-electron chi connectivity index (χ4n) is 2.28. The molecule has 2 N–H and O–H groups in total. The van der Waals surface area contributed by atoms with E-state index in [1.54, 1.807) is 31.2 Å². The molecule has 2 amide bonds. The first kappa shape index (κ1) is 15.9. The zero-order valence-electron chi connectivity index (χ0n) is 13.2. The van der Waals surface area contributed by atoms with E-state index in [0.29, 0.717) is 23.7 Å². The Labute approximate surface area is 139 Å². The summed E-state index contributed by atoms with van der Waals surface area (Å²) in [5, 5.41) is 5.56. The van der Waals surface area contributed by atoms with E-state index in [1.807, 2.05) is 24.3 Å². The van der Waals surface area contributed by atoms with Gasteiger partial charge >= 0.3 is 0 Å². The molecular formula is C18H18N2O4. The average molecular weight is 326 g/mol. The van der Waals surface area contributed by atoms with E-state index in [2.05, 4.69) is 10.6 Å². The van der Waals surface area contributed by atoms with E-state index in [0.717, 1.165) is 5.56 Å². The standard InChI is InChI=1S/C18H18N2O4/c1-12-18(22)20-15-9-13(7-8-16(15)24-12)10-19-17(21)11-23-14-5-3-2-4-6-14/h2-9,12H,10-11H2,1H3,(H,19,21)(H,20,22). The Kier molecular flexibility index (Phi) is 4.65. The summed E-state index contributed by atoms with van der Waals surface area (Å²) < 4.78 is 10.9. The number of nitrogens with one attached hydrogen (secondary N) is 2. The van der Waals surface area contributed by atoms with Gasteiger partial charge in [0.15, 0.2) is 12.7 Å². The fourth-order valence-corrected chi connectivity index (χ4v) is 2.28. The maximum absolute atomic E-state index is 11.8. The van der Waals surface area contributed by atoms with E-state index in [9.17, 15) is 9.59 Å². The zero-order chi connectivity index (χ0) is 16.9. The smallest absolute Gasteiger partial charge is 0.265 e. The van der Waals surface area contributed by atoms with Gasteiger partial charge in [0.05, 0.1) is 5.69 Å². The van der Waals surface area contributed by atoms with E-state index in [-0.39, 0.29) is 18.4 Å². The van der Waals surface area contributed by atoms with E-state index in [4.69, 9.17) is 9.47 Å². The first-order chi connectivity index (χ1) is 11.6. The predicted molar refractivity (Wildman–Crippen MR) is 88.9 cm³/mol. The van der Waals surface area contributed by atoms with Crippen LogP contribution in [0.2, 0.25) is 0 Å². The van der Waals surface area contributed by atoms with Gasteiger partial charge in [0.2, 0.25) is 0 Å². The highest BCUT2D eigenvalue weighted by atomic mass is 16.5. The lowest BCUT2D eigenvalue weighted by Gasteiger charge is -2.23. The molecule has 24 heavy (non-hydrogen) atoms. The van der Waals surface area contributed by atoms with Crippen molar-refractivity contribution in [3.63, 3.8) is 0 Å². The molecular weight excluding hydrogens is 308 g/mol. The van der Waals surface area contributed by atoms with Crippen LogP contribution in [0, 0.1) is 0 Å². The van der Waals surface area contributed by atoms with Crippen LogP contribution in [0.3, 0.4) is 0 Å². The molecule has 2 aromatic rings. The monoisotopic (exact) mass is 326 g/mol. The summed E-state index contributed by atoms with van der Waals surface area (Å²) in [6.45, 7) is 1.99. The molecule has 1 unspecified atom stereocenters. The van der Waals surface area contributed by atoms with Crippen molar-refractivity contribution in [2.45, 2.75) is 19.6 Å². The van der Waals surface area contributed by atoms with Gasteiger partial charge in [-0.2, -0.15) is 0 Å². The molecule has 3 rings (SSSR count). The number of anilines is 1. The van der Waals surface area contributed by atoms with Crippen molar-refractivity contribution in [2.24, 2.45) is 0 Å². The molecule has 1 aliphatic rings. The maximum Gasteiger partial charge on any atom is 0.265 e. The topological polar surface area (TPSA) is 76.7 Å². The summed E-state index contributed by atoms with van der Waals surface area (Å²) in [5.74, 6) is 0.880. The van der Waals surface area contributed by atoms with Crippen molar-refractivity contribution in [3.05, 3.63) is 54.1 Å². The van der Waals surface area contributed by atoms with Crippen molar-refractivity contribution in [3.8, 4) is 11.5 Å². The number of rotatable bonds is 5. The number of fused-ring (bicyclic) bond motifs is 1. The number of hydrogen-bond donors (Lipinski definition) is 2. The van der Waals surface area contributed by atoms with Crippen LogP contribution in [0.5, 0.6) is 11.5 Å². The molecule has 0 bridgehead atoms. The van der Waals surface area contributed by atoms with Crippen LogP contribution in [0.25, 0.3) is 0 Å². The summed E-state index contributed by atoms with van der Waals surface area (Å²) >= 11 is 0. The first-order valence-corrected chi connectivity index (χ1v) is 7.67. The van der Waals surface area contributed by atoms with Gasteiger partial charge in [-0.3, -0.25) is 9.59 Å². The molecule has 0 aliphatic carbocycles. The van der Waals surface area contributed by atoms with E-state index in [1.165, 1.54) is 0 Å². The van der Waals surface area contributed by atoms with Crippen LogP contribution in [-0.4, -0.2) is 24.5 Å². The third-order valence-electron chi connectivity index (χ3n) is 3.58. The van der Waals surface area contributed by atoms with E-state index < -0.39 is 6.10 Å². The number of carbonyl (C=O) groups excluding carboxylic acids is 2. The predicted octanol–water partition coefficient (Wildman–Crippen LogP) is 2.10. The van der Waals surface area contributed by atoms with Crippen molar-refractivity contribution in [1.82, 2.24) is 5.32 Å². The van der Waals surface area contributed by atoms with Gasteiger partial charge in [-0.05, 0) is 36.8 Å². The van der Waals surface area contributed by atoms with Crippen LogP contribution < -0.4 is 20.1 Å². The summed E-state index contributed by atoms with van der Waals surface area (Å²) in [5.41, 5.74) is 1.48. The molecule has 1 atom stereocenters. The van der Waals surface area contributed by atoms with Crippen LogP contribution in [0.15, 0.2) is 48.5 Å². The highest BCUT2D eigenvalue weighted by Gasteiger charge is 2.23. The lowest BCUT2D eigenvalue weighted by molar-refractivity contribution is -0.123. The Hall–Kier alpha value is -3.02. The third-order valence-corrected chi connectivity index (χ3v) is 3.58. The van der Waals surface area contributed by atoms with Gasteiger partial charge in [-0.25, -0.2) is 0 Å². The Morgan fingerprint density at radius 3 is 2.83 bits per heavy atom. The molecule has 2 aromatic carbocycles. The molecule has 6 nitrogen and oxygen atoms in total. The van der Waals surface area contributed by atoms with Crippen LogP contribution in [-0.2, 0) is 16.1 Å². The molecule has 0 spiro atoms. The molecule has 0 aromatic heterocycles. The van der Waals surface area contributed by atoms with Crippen molar-refractivity contribution >= 4 is 17.5 Å². The van der Waals surface area contributed by atoms with Crippen molar-refractivity contribution in [2.75, 3.05) is 11.9 Å². The molecule has 0 saturated heterocycles. The van der Waals surface area contributed by atoms with Gasteiger partial charge in [-0.15, -0.1) is 0 Å². The second-order valence-corrected chi connectivity index (χ2v) is 5.46. The quantitative estimate of drug-likeness (QED) is 0.882. The van der Waals surface area contributed by atoms with Crippen molar-refractivity contribution < 1.29 is 19.1 Å². The zero-order valence-corrected chi connectivity index (χ0v) is 13.2. The third kappa shape index (κ3) is 3.84. The minimum atomic E-state index is -0.502. The Morgan fingerprint density at radius 2 is 2.04 bits per heavy atom. The molecule has 0 fully saturated rings. The molecule has 1 aliphatic heterocycles. The molecule has 0 radical (unpaired) electrons. The minimum Gasteiger partial charge on any atom is -0.484 e. The lowest BCUT2D eigenvalue weighted by Crippen LogP contribution is -2.34. The number of benzene rings is 2. The van der Waals surface area contributed by atoms with Crippen molar-refractivity contribution in [1.29, 1.82) is 0 Å². The molecule has 1 heterocycles. The first-order valence-electron chi connectivity index (χ1n) is 7.67. The van der Waals surface area contributed by atoms with Gasteiger partial charge < -0.3 is 20.1 Å². The summed E-state index contributed by atoms with van der Waals surface area (Å²) in [6.07, 6.45) is -0.502. The van der Waals surface area contributed by atoms with Crippen LogP contribution >= 0.6 is 0 Å². The average Bonchev–Trinajstić information content (AvgIpc) is 2.60. The minimum absolute atomic E-state index is 0.0493. The summed E-state index contributed by atoms with van der Waals surface area (Å²) in [7, 11) is 0. The number of ether oxygens (including phenoxy) is 2. The van der Waals surface area contributed by atoms with Gasteiger partial charge in [0.25, 0.3) is 11.8 Å². The molecule has 124 valence electrons. The number of carbonyl (C=O) groups is 2. The SMILES string of the molecule is CC1Oc2ccc(CNC(=O)COc3ccccc3)cc2NC1=O. The number of para-hydroxylation sites is 1. The second-order valence-electron chi connectivity index (χ2n) is 5.46. The van der Waals surface area contributed by atoms with Gasteiger partial charge in [-0.1, -0.05) is 24.3 Å². The van der Waals surface area contributed by atoms with Gasteiger partial charge in [0, 0.05) is 6.54 Å². The fraction of sp³-hybridized carbons (Fsp3) is 0.222. The lowest BCUT2D eigenvalue weighted by atomic mass is 10.1. The highest BCUT2D eigenvalue weighted by Crippen LogP contribution is 2.30. The normalized spacial score (nSPS) is 15.7. The molecule has 0 saturated carbocycles. The maximum atomic E-state index is 11.8. The second kappa shape index (κ2) is 7.04. The van der Waals surface area contributed by atoms with Gasteiger partial charge in [0.1, 0.15) is 11.5 Å². The Bertz CT molecular complexity index is 746. The largest absolute Gasteiger partial charge is 0.484 e. The van der Waals surface area contributed by atoms with E-state index >= 15 is 0 Å². The van der Waals surface area contributed by atoms with Crippen LogP contribution in [0.4, 0.5) is 5.69 Å². The molecule has 6 heteroatoms. The summed E-state index contributed by atoms with van der Waals surface area (Å²) in [6, 6.07) is 14.6.